The van der Waals surface area contributed by atoms with Crippen LogP contribution in [-0.2, 0) is 10.8 Å². The third-order valence-electron chi connectivity index (χ3n) is 12.9. The number of para-hydroxylation sites is 1. The highest BCUT2D eigenvalue weighted by Crippen LogP contribution is 2.49. The Morgan fingerprint density at radius 3 is 1.18 bits per heavy atom. The fraction of sp³-hybridized carbons (Fsp3) is 0.133. The maximum absolute atomic E-state index is 6.97. The van der Waals surface area contributed by atoms with E-state index in [-0.39, 0.29) is 10.8 Å². The molecular weight excluding hydrogens is 737 g/mol. The summed E-state index contributed by atoms with van der Waals surface area (Å²) in [5, 5.41) is 12.2. The molecule has 0 radical (unpaired) electrons. The second-order valence-corrected chi connectivity index (χ2v) is 18.8. The molecule has 0 unspecified atom stereocenters. The second kappa shape index (κ2) is 13.8. The molecule has 0 saturated carbocycles. The first-order valence-corrected chi connectivity index (χ1v) is 21.6. The molecule has 0 aliphatic heterocycles. The van der Waals surface area contributed by atoms with Crippen LogP contribution in [0.2, 0.25) is 0 Å². The van der Waals surface area contributed by atoms with E-state index in [1.54, 1.807) is 0 Å². The van der Waals surface area contributed by atoms with E-state index in [0.29, 0.717) is 0 Å². The van der Waals surface area contributed by atoms with Gasteiger partial charge in [-0.2, -0.15) is 0 Å². The van der Waals surface area contributed by atoms with E-state index < -0.39 is 0 Å². The van der Waals surface area contributed by atoms with Gasteiger partial charge in [-0.25, -0.2) is 0 Å². The summed E-state index contributed by atoms with van der Waals surface area (Å²) in [5.41, 5.74) is 14.3. The molecule has 0 aliphatic rings. The SMILES string of the molecule is CC(C)(C)c1cc(-c2c3ccccc3c(-c3ccc4oc5c(-c6c7ccccc7c(-c7ccccc7)c7ccccc67)cccc5c4c3)c3ccccc23)cc(C(C)(C)C)c1. The molecular formula is C60H48O. The molecule has 11 aromatic rings. The fourth-order valence-corrected chi connectivity index (χ4v) is 9.87. The van der Waals surface area contributed by atoms with Crippen LogP contribution >= 0.6 is 0 Å². The minimum atomic E-state index is 0.00993. The maximum Gasteiger partial charge on any atom is 0.143 e. The van der Waals surface area contributed by atoms with Gasteiger partial charge in [0.05, 0.1) is 0 Å². The van der Waals surface area contributed by atoms with E-state index in [9.17, 15) is 0 Å². The van der Waals surface area contributed by atoms with Crippen LogP contribution in [0.15, 0.2) is 186 Å². The molecule has 1 heterocycles. The van der Waals surface area contributed by atoms with Gasteiger partial charge in [-0.3, -0.25) is 0 Å². The molecule has 10 aromatic carbocycles. The van der Waals surface area contributed by atoms with Gasteiger partial charge in [0.2, 0.25) is 0 Å². The average Bonchev–Trinajstić information content (AvgIpc) is 3.65. The summed E-state index contributed by atoms with van der Waals surface area (Å²) in [6.07, 6.45) is 0. The van der Waals surface area contributed by atoms with Crippen molar-refractivity contribution < 1.29 is 4.42 Å². The van der Waals surface area contributed by atoms with E-state index in [1.807, 2.05) is 0 Å². The van der Waals surface area contributed by atoms with Crippen molar-refractivity contribution in [1.82, 2.24) is 0 Å². The van der Waals surface area contributed by atoms with Crippen LogP contribution in [0, 0.1) is 0 Å². The molecule has 0 bridgehead atoms. The normalized spacial score (nSPS) is 12.4. The Bertz CT molecular complexity index is 3390. The zero-order valence-electron chi connectivity index (χ0n) is 35.7. The first kappa shape index (κ1) is 37.1. The Morgan fingerprint density at radius 2 is 0.705 bits per heavy atom. The molecule has 11 rings (SSSR count). The Balaban J connectivity index is 1.15. The summed E-state index contributed by atoms with van der Waals surface area (Å²) >= 11 is 0. The van der Waals surface area contributed by atoms with Crippen molar-refractivity contribution >= 4 is 65.0 Å². The molecule has 0 N–H and O–H groups in total. The minimum absolute atomic E-state index is 0.00993. The molecule has 1 aromatic heterocycles. The van der Waals surface area contributed by atoms with E-state index in [2.05, 4.69) is 224 Å². The van der Waals surface area contributed by atoms with Crippen LogP contribution < -0.4 is 0 Å². The van der Waals surface area contributed by atoms with Crippen LogP contribution in [0.3, 0.4) is 0 Å². The lowest BCUT2D eigenvalue weighted by atomic mass is 9.77. The van der Waals surface area contributed by atoms with Crippen molar-refractivity contribution in [2.45, 2.75) is 52.4 Å². The highest BCUT2D eigenvalue weighted by molar-refractivity contribution is 6.25. The largest absolute Gasteiger partial charge is 0.455 e. The molecule has 0 atom stereocenters. The van der Waals surface area contributed by atoms with Crippen molar-refractivity contribution in [2.75, 3.05) is 0 Å². The number of hydrogen-bond donors (Lipinski definition) is 0. The van der Waals surface area contributed by atoms with Gasteiger partial charge in [0.25, 0.3) is 0 Å². The third-order valence-corrected chi connectivity index (χ3v) is 12.9. The summed E-state index contributed by atoms with van der Waals surface area (Å²) in [6, 6.07) is 67.3. The maximum atomic E-state index is 6.97. The summed E-state index contributed by atoms with van der Waals surface area (Å²) in [4.78, 5) is 0. The summed E-state index contributed by atoms with van der Waals surface area (Å²) in [7, 11) is 0. The van der Waals surface area contributed by atoms with E-state index in [4.69, 9.17) is 4.42 Å². The van der Waals surface area contributed by atoms with Gasteiger partial charge in [0.1, 0.15) is 11.2 Å². The standard InChI is InChI=1S/C60H48O/c1-59(2,3)40-33-39(34-41(36-40)60(4,5)6)56-44-23-12-10-21-42(44)55(43-22-11-13-24-45(43)56)38-31-32-53-52(35-38)50-29-18-30-51(58(50)61-53)57-48-27-16-14-25-46(48)54(37-19-8-7-9-20-37)47-26-15-17-28-49(47)57/h7-36H,1-6H3. The van der Waals surface area contributed by atoms with Crippen molar-refractivity contribution in [3.63, 3.8) is 0 Å². The minimum Gasteiger partial charge on any atom is -0.455 e. The fourth-order valence-electron chi connectivity index (χ4n) is 9.87. The van der Waals surface area contributed by atoms with Crippen LogP contribution in [0.25, 0.3) is 110 Å². The zero-order chi connectivity index (χ0) is 41.6. The predicted molar refractivity (Wildman–Crippen MR) is 263 cm³/mol. The van der Waals surface area contributed by atoms with Crippen LogP contribution in [-0.4, -0.2) is 0 Å². The smallest absolute Gasteiger partial charge is 0.143 e. The molecule has 294 valence electrons. The first-order chi connectivity index (χ1) is 29.5. The van der Waals surface area contributed by atoms with E-state index in [0.717, 1.165) is 27.5 Å². The topological polar surface area (TPSA) is 13.1 Å². The molecule has 0 amide bonds. The van der Waals surface area contributed by atoms with E-state index in [1.165, 1.54) is 93.2 Å². The average molecular weight is 785 g/mol. The molecule has 0 saturated heterocycles. The first-order valence-electron chi connectivity index (χ1n) is 21.6. The third kappa shape index (κ3) is 5.98. The van der Waals surface area contributed by atoms with Gasteiger partial charge < -0.3 is 4.42 Å². The Kier molecular flexibility index (Phi) is 8.38. The lowest BCUT2D eigenvalue weighted by molar-refractivity contribution is 0.569. The van der Waals surface area contributed by atoms with Crippen LogP contribution in [0.1, 0.15) is 52.7 Å². The highest BCUT2D eigenvalue weighted by Gasteiger charge is 2.25. The zero-order valence-corrected chi connectivity index (χ0v) is 35.7. The summed E-state index contributed by atoms with van der Waals surface area (Å²) in [5.74, 6) is 0. The number of hydrogen-bond acceptors (Lipinski definition) is 1. The molecule has 1 nitrogen and oxygen atoms in total. The molecule has 61 heavy (non-hydrogen) atoms. The lowest BCUT2D eigenvalue weighted by Crippen LogP contribution is -2.16. The Labute approximate surface area is 357 Å². The predicted octanol–water partition coefficient (Wildman–Crippen LogP) is 17.5. The van der Waals surface area contributed by atoms with Crippen molar-refractivity contribution in [3.8, 4) is 44.5 Å². The quantitative estimate of drug-likeness (QED) is 0.162. The lowest BCUT2D eigenvalue weighted by Gasteiger charge is -2.27. The molecule has 0 fully saturated rings. The van der Waals surface area contributed by atoms with Crippen molar-refractivity contribution in [2.24, 2.45) is 0 Å². The van der Waals surface area contributed by atoms with Crippen LogP contribution in [0.4, 0.5) is 0 Å². The summed E-state index contributed by atoms with van der Waals surface area (Å²) < 4.78 is 6.97. The molecule has 0 aliphatic carbocycles. The van der Waals surface area contributed by atoms with Crippen molar-refractivity contribution in [3.05, 3.63) is 193 Å². The number of furan rings is 1. The number of rotatable bonds is 4. The van der Waals surface area contributed by atoms with E-state index >= 15 is 0 Å². The van der Waals surface area contributed by atoms with Gasteiger partial charge in [-0.15, -0.1) is 0 Å². The van der Waals surface area contributed by atoms with Gasteiger partial charge in [0, 0.05) is 21.9 Å². The summed E-state index contributed by atoms with van der Waals surface area (Å²) in [6.45, 7) is 13.9. The van der Waals surface area contributed by atoms with Gasteiger partial charge in [0.15, 0.2) is 0 Å². The van der Waals surface area contributed by atoms with Gasteiger partial charge in [-0.1, -0.05) is 211 Å². The Hall–Kier alpha value is -6.96. The Morgan fingerprint density at radius 1 is 0.295 bits per heavy atom. The van der Waals surface area contributed by atoms with Crippen LogP contribution in [0.5, 0.6) is 0 Å². The van der Waals surface area contributed by atoms with Crippen molar-refractivity contribution in [1.29, 1.82) is 0 Å². The van der Waals surface area contributed by atoms with Gasteiger partial charge in [-0.05, 0) is 111 Å². The number of benzene rings is 10. The van der Waals surface area contributed by atoms with Gasteiger partial charge >= 0.3 is 0 Å². The monoisotopic (exact) mass is 784 g/mol. The highest BCUT2D eigenvalue weighted by atomic mass is 16.3. The molecule has 1 heteroatoms. The number of fused-ring (bicyclic) bond motifs is 7. The molecule has 0 spiro atoms. The second-order valence-electron chi connectivity index (χ2n) is 18.8.